The number of carbonyl (C=O) groups excluding carboxylic acids is 2. The van der Waals surface area contributed by atoms with Gasteiger partial charge in [0.2, 0.25) is 0 Å². The molecule has 2 N–H and O–H groups in total. The molecule has 1 heterocycles. The van der Waals surface area contributed by atoms with Crippen LogP contribution >= 0.6 is 11.6 Å². The zero-order chi connectivity index (χ0) is 20.1. The van der Waals surface area contributed by atoms with Gasteiger partial charge in [0.15, 0.2) is 11.5 Å². The molecule has 1 aliphatic rings. The van der Waals surface area contributed by atoms with Crippen molar-refractivity contribution in [1.29, 1.82) is 5.26 Å². The Kier molecular flexibility index (Phi) is 5.82. The minimum Gasteiger partial charge on any atom is -0.490 e. The Morgan fingerprint density at radius 3 is 2.64 bits per heavy atom. The van der Waals surface area contributed by atoms with E-state index in [9.17, 15) is 14.9 Å². The molecule has 28 heavy (non-hydrogen) atoms. The first-order valence-corrected chi connectivity index (χ1v) is 8.80. The van der Waals surface area contributed by atoms with Crippen LogP contribution in [-0.4, -0.2) is 18.5 Å². The lowest BCUT2D eigenvalue weighted by Gasteiger charge is -2.15. The Bertz CT molecular complexity index is 1010. The molecule has 7 nitrogen and oxygen atoms in total. The molecular formula is C20H16ClN3O4. The van der Waals surface area contributed by atoms with Gasteiger partial charge in [-0.25, -0.2) is 4.79 Å². The second-order valence-corrected chi connectivity index (χ2v) is 6.19. The number of halogens is 1. The Balaban J connectivity index is 1.89. The van der Waals surface area contributed by atoms with Gasteiger partial charge in [-0.2, -0.15) is 5.26 Å². The van der Waals surface area contributed by atoms with Crippen LogP contribution in [0.15, 0.2) is 42.1 Å². The summed E-state index contributed by atoms with van der Waals surface area (Å²) in [7, 11) is 0. The lowest BCUT2D eigenvalue weighted by molar-refractivity contribution is -0.115. The van der Waals surface area contributed by atoms with E-state index in [0.29, 0.717) is 29.2 Å². The van der Waals surface area contributed by atoms with Crippen molar-refractivity contribution in [2.24, 2.45) is 0 Å². The largest absolute Gasteiger partial charge is 0.490 e. The van der Waals surface area contributed by atoms with E-state index < -0.39 is 11.9 Å². The summed E-state index contributed by atoms with van der Waals surface area (Å²) in [5.74, 6) is 0.201. The third kappa shape index (κ3) is 4.24. The molecule has 0 atom stereocenters. The molecule has 0 aromatic heterocycles. The average Bonchev–Trinajstić information content (AvgIpc) is 2.98. The van der Waals surface area contributed by atoms with E-state index in [1.807, 2.05) is 13.0 Å². The maximum absolute atomic E-state index is 11.7. The molecule has 8 heteroatoms. The van der Waals surface area contributed by atoms with Gasteiger partial charge < -0.3 is 14.8 Å². The predicted molar refractivity (Wildman–Crippen MR) is 103 cm³/mol. The van der Waals surface area contributed by atoms with E-state index in [1.54, 1.807) is 30.3 Å². The molecule has 0 unspecified atom stereocenters. The number of benzene rings is 2. The first-order valence-electron chi connectivity index (χ1n) is 8.43. The van der Waals surface area contributed by atoms with Gasteiger partial charge in [-0.1, -0.05) is 29.8 Å². The van der Waals surface area contributed by atoms with E-state index >= 15 is 0 Å². The summed E-state index contributed by atoms with van der Waals surface area (Å²) in [6.45, 7) is 2.33. The molecule has 1 saturated heterocycles. The van der Waals surface area contributed by atoms with Crippen molar-refractivity contribution in [3.05, 3.63) is 63.8 Å². The molecular weight excluding hydrogens is 382 g/mol. The number of imide groups is 1. The zero-order valence-corrected chi connectivity index (χ0v) is 15.7. The smallest absolute Gasteiger partial charge is 0.326 e. The van der Waals surface area contributed by atoms with E-state index in [0.717, 1.165) is 5.56 Å². The fourth-order valence-corrected chi connectivity index (χ4v) is 2.90. The molecule has 2 aromatic rings. The summed E-state index contributed by atoms with van der Waals surface area (Å²) < 4.78 is 11.5. The fraction of sp³-hybridized carbons (Fsp3) is 0.150. The molecule has 3 rings (SSSR count). The molecule has 0 spiro atoms. The molecule has 0 radical (unpaired) electrons. The van der Waals surface area contributed by atoms with Crippen LogP contribution in [0.25, 0.3) is 6.08 Å². The van der Waals surface area contributed by atoms with E-state index in [-0.39, 0.29) is 17.3 Å². The highest BCUT2D eigenvalue weighted by Gasteiger charge is 2.23. The van der Waals surface area contributed by atoms with Crippen LogP contribution in [0.2, 0.25) is 5.02 Å². The highest BCUT2D eigenvalue weighted by Crippen LogP contribution is 2.38. The molecule has 1 aliphatic heterocycles. The third-order valence-electron chi connectivity index (χ3n) is 3.87. The Morgan fingerprint density at radius 2 is 1.96 bits per heavy atom. The maximum atomic E-state index is 11.7. The van der Waals surface area contributed by atoms with Gasteiger partial charge in [0, 0.05) is 5.56 Å². The first kappa shape index (κ1) is 19.3. The highest BCUT2D eigenvalue weighted by molar-refractivity contribution is 6.32. The van der Waals surface area contributed by atoms with Crippen molar-refractivity contribution in [2.75, 3.05) is 6.61 Å². The summed E-state index contributed by atoms with van der Waals surface area (Å²) in [4.78, 5) is 22.9. The van der Waals surface area contributed by atoms with Crippen LogP contribution in [0.1, 0.15) is 23.6 Å². The van der Waals surface area contributed by atoms with Crippen LogP contribution in [0.3, 0.4) is 0 Å². The Hall–Kier alpha value is -3.50. The van der Waals surface area contributed by atoms with E-state index in [1.165, 1.54) is 6.08 Å². The van der Waals surface area contributed by atoms with E-state index in [4.69, 9.17) is 21.1 Å². The van der Waals surface area contributed by atoms with Crippen molar-refractivity contribution in [3.63, 3.8) is 0 Å². The van der Waals surface area contributed by atoms with Crippen molar-refractivity contribution >= 4 is 29.6 Å². The number of nitrogens with zero attached hydrogens (tertiary/aromatic N) is 1. The number of urea groups is 1. The van der Waals surface area contributed by atoms with Crippen LogP contribution in [0.5, 0.6) is 11.5 Å². The molecule has 142 valence electrons. The van der Waals surface area contributed by atoms with Crippen LogP contribution in [0, 0.1) is 11.3 Å². The van der Waals surface area contributed by atoms with Gasteiger partial charge in [0.25, 0.3) is 5.91 Å². The number of hydrogen-bond donors (Lipinski definition) is 2. The van der Waals surface area contributed by atoms with Crippen molar-refractivity contribution in [2.45, 2.75) is 13.5 Å². The average molecular weight is 398 g/mol. The van der Waals surface area contributed by atoms with Crippen molar-refractivity contribution in [1.82, 2.24) is 10.6 Å². The Morgan fingerprint density at radius 1 is 1.18 bits per heavy atom. The summed E-state index contributed by atoms with van der Waals surface area (Å²) in [6, 6.07) is 11.9. The Labute approximate surface area is 166 Å². The minimum atomic E-state index is -0.580. The normalized spacial score (nSPS) is 14.4. The van der Waals surface area contributed by atoms with Gasteiger partial charge in [0.05, 0.1) is 23.3 Å². The molecule has 0 saturated carbocycles. The highest BCUT2D eigenvalue weighted by atomic mass is 35.5. The number of amides is 3. The second-order valence-electron chi connectivity index (χ2n) is 5.79. The minimum absolute atomic E-state index is 0.111. The third-order valence-corrected chi connectivity index (χ3v) is 4.15. The lowest BCUT2D eigenvalue weighted by atomic mass is 10.1. The first-order chi connectivity index (χ1) is 13.5. The van der Waals surface area contributed by atoms with Crippen LogP contribution < -0.4 is 20.1 Å². The quantitative estimate of drug-likeness (QED) is 0.575. The molecule has 0 bridgehead atoms. The fourth-order valence-electron chi connectivity index (χ4n) is 2.63. The van der Waals surface area contributed by atoms with Crippen molar-refractivity contribution < 1.29 is 19.1 Å². The number of ether oxygens (including phenoxy) is 2. The molecule has 3 amide bonds. The molecule has 1 fully saturated rings. The topological polar surface area (TPSA) is 100 Å². The summed E-state index contributed by atoms with van der Waals surface area (Å²) in [6.07, 6.45) is 1.49. The van der Waals surface area contributed by atoms with Gasteiger partial charge in [-0.05, 0) is 36.8 Å². The summed E-state index contributed by atoms with van der Waals surface area (Å²) in [5.41, 5.74) is 1.91. The maximum Gasteiger partial charge on any atom is 0.326 e. The summed E-state index contributed by atoms with van der Waals surface area (Å²) >= 11 is 6.37. The summed E-state index contributed by atoms with van der Waals surface area (Å²) in [5, 5.41) is 14.0. The number of nitriles is 1. The van der Waals surface area contributed by atoms with Crippen molar-refractivity contribution in [3.8, 4) is 17.6 Å². The number of hydrogen-bond acceptors (Lipinski definition) is 5. The van der Waals surface area contributed by atoms with Crippen LogP contribution in [0.4, 0.5) is 4.79 Å². The molecule has 2 aromatic carbocycles. The standard InChI is InChI=1S/C20H16ClN3O4/c1-2-27-17-9-12(8-16-19(25)24-20(26)23-16)7-15(21)18(17)28-11-14-6-4-3-5-13(14)10-22/h3-9H,2,11H2,1H3,(H2,23,24,25,26)/b16-8-. The predicted octanol–water partition coefficient (Wildman–Crippen LogP) is 3.37. The number of nitrogens with one attached hydrogen (secondary N) is 2. The van der Waals surface area contributed by atoms with Gasteiger partial charge in [-0.15, -0.1) is 0 Å². The van der Waals surface area contributed by atoms with Gasteiger partial charge in [0.1, 0.15) is 12.3 Å². The SMILES string of the molecule is CCOc1cc(/C=C2\NC(=O)NC2=O)cc(Cl)c1OCc1ccccc1C#N. The second kappa shape index (κ2) is 8.46. The lowest BCUT2D eigenvalue weighted by Crippen LogP contribution is -2.22. The van der Waals surface area contributed by atoms with Gasteiger partial charge in [-0.3, -0.25) is 10.1 Å². The zero-order valence-electron chi connectivity index (χ0n) is 14.9. The van der Waals surface area contributed by atoms with Gasteiger partial charge >= 0.3 is 6.03 Å². The number of rotatable bonds is 6. The van der Waals surface area contributed by atoms with Crippen LogP contribution in [-0.2, 0) is 11.4 Å². The number of carbonyl (C=O) groups is 2. The van der Waals surface area contributed by atoms with E-state index in [2.05, 4.69) is 16.7 Å². The molecule has 0 aliphatic carbocycles. The monoisotopic (exact) mass is 397 g/mol.